The van der Waals surface area contributed by atoms with Crippen LogP contribution in [0.3, 0.4) is 0 Å². The van der Waals surface area contributed by atoms with Gasteiger partial charge in [0.1, 0.15) is 5.75 Å². The molecule has 0 saturated carbocycles. The van der Waals surface area contributed by atoms with E-state index in [0.29, 0.717) is 47.1 Å². The average molecular weight is 542 g/mol. The topological polar surface area (TPSA) is 74.1 Å². The molecule has 1 aromatic heterocycles. The second-order valence-corrected chi connectivity index (χ2v) is 9.09. The standard InChI is InChI=1S/C27H22F3N3O4S/c28-27(29,30)37-21-10-8-20(9-11-21)32-26-33(14-4-13-31-25(34)18-5-2-1-3-6-18)22(16-38-26)19-7-12-23-24(15-19)36-17-35-23/h1-3,5-12,15-16H,4,13-14,17H2,(H,31,34)/b32-26-. The maximum Gasteiger partial charge on any atom is 0.573 e. The third-order valence-electron chi connectivity index (χ3n) is 5.64. The predicted molar refractivity (Wildman–Crippen MR) is 136 cm³/mol. The first kappa shape index (κ1) is 25.4. The highest BCUT2D eigenvalue weighted by Gasteiger charge is 2.31. The van der Waals surface area contributed by atoms with Crippen LogP contribution in [0, 0.1) is 0 Å². The van der Waals surface area contributed by atoms with Crippen molar-refractivity contribution in [1.29, 1.82) is 0 Å². The van der Waals surface area contributed by atoms with Gasteiger partial charge in [-0.05, 0) is 61.0 Å². The lowest BCUT2D eigenvalue weighted by Crippen LogP contribution is -2.26. The Balaban J connectivity index is 1.38. The van der Waals surface area contributed by atoms with Gasteiger partial charge in [0.25, 0.3) is 5.91 Å². The number of benzene rings is 3. The molecule has 1 amide bonds. The largest absolute Gasteiger partial charge is 0.573 e. The smallest absolute Gasteiger partial charge is 0.454 e. The molecule has 2 heterocycles. The number of fused-ring (bicyclic) bond motifs is 1. The molecule has 0 unspecified atom stereocenters. The molecule has 3 aromatic carbocycles. The number of carbonyl (C=O) groups is 1. The van der Waals surface area contributed by atoms with Crippen LogP contribution in [0.1, 0.15) is 16.8 Å². The highest BCUT2D eigenvalue weighted by atomic mass is 32.1. The number of thiazole rings is 1. The zero-order valence-corrected chi connectivity index (χ0v) is 20.7. The van der Waals surface area contributed by atoms with E-state index >= 15 is 0 Å². The van der Waals surface area contributed by atoms with Gasteiger partial charge in [-0.25, -0.2) is 4.99 Å². The molecule has 0 bridgehead atoms. The van der Waals surface area contributed by atoms with Crippen molar-refractivity contribution in [3.8, 4) is 28.5 Å². The van der Waals surface area contributed by atoms with E-state index in [9.17, 15) is 18.0 Å². The zero-order chi connectivity index (χ0) is 26.5. The molecule has 0 fully saturated rings. The fraction of sp³-hybridized carbons (Fsp3) is 0.185. The third kappa shape index (κ3) is 6.17. The molecule has 5 rings (SSSR count). The minimum Gasteiger partial charge on any atom is -0.454 e. The number of carbonyl (C=O) groups excluding carboxylic acids is 1. The SMILES string of the molecule is O=C(NCCCn1c(-c2ccc3c(c2)OCO3)cs/c1=N\c1ccc(OC(F)(F)F)cc1)c1ccccc1. The molecule has 1 aliphatic heterocycles. The quantitative estimate of drug-likeness (QED) is 0.282. The molecule has 0 aliphatic carbocycles. The molecular formula is C27H22F3N3O4S. The summed E-state index contributed by atoms with van der Waals surface area (Å²) in [4.78, 5) is 17.7. The van der Waals surface area contributed by atoms with E-state index in [4.69, 9.17) is 9.47 Å². The monoisotopic (exact) mass is 541 g/mol. The molecule has 1 N–H and O–H groups in total. The van der Waals surface area contributed by atoms with Gasteiger partial charge in [0.05, 0.1) is 11.4 Å². The van der Waals surface area contributed by atoms with Crippen molar-refractivity contribution in [3.05, 3.63) is 88.5 Å². The first-order chi connectivity index (χ1) is 18.4. The van der Waals surface area contributed by atoms with E-state index in [2.05, 4.69) is 15.0 Å². The van der Waals surface area contributed by atoms with Crippen LogP contribution in [0.15, 0.2) is 83.2 Å². The van der Waals surface area contributed by atoms with Crippen LogP contribution in [0.25, 0.3) is 11.3 Å². The number of nitrogens with one attached hydrogen (secondary N) is 1. The summed E-state index contributed by atoms with van der Waals surface area (Å²) in [5.74, 6) is 0.855. The Morgan fingerprint density at radius 1 is 1.03 bits per heavy atom. The van der Waals surface area contributed by atoms with Gasteiger partial charge in [0.15, 0.2) is 16.3 Å². The number of nitrogens with zero attached hydrogens (tertiary/aromatic N) is 2. The van der Waals surface area contributed by atoms with Gasteiger partial charge in [0.2, 0.25) is 6.79 Å². The van der Waals surface area contributed by atoms with Gasteiger partial charge in [-0.15, -0.1) is 24.5 Å². The number of aromatic nitrogens is 1. The molecule has 11 heteroatoms. The summed E-state index contributed by atoms with van der Waals surface area (Å²) in [5, 5.41) is 4.89. The highest BCUT2D eigenvalue weighted by Crippen LogP contribution is 2.36. The molecule has 7 nitrogen and oxygen atoms in total. The van der Waals surface area contributed by atoms with Crippen LogP contribution >= 0.6 is 11.3 Å². The third-order valence-corrected chi connectivity index (χ3v) is 6.50. The van der Waals surface area contributed by atoms with Crippen LogP contribution in [0.5, 0.6) is 17.2 Å². The van der Waals surface area contributed by atoms with Gasteiger partial charge < -0.3 is 24.1 Å². The molecular weight excluding hydrogens is 519 g/mol. The van der Waals surface area contributed by atoms with Crippen molar-refractivity contribution in [2.24, 2.45) is 4.99 Å². The highest BCUT2D eigenvalue weighted by molar-refractivity contribution is 7.07. The summed E-state index contributed by atoms with van der Waals surface area (Å²) in [5.41, 5.74) is 2.85. The zero-order valence-electron chi connectivity index (χ0n) is 19.9. The Morgan fingerprint density at radius 3 is 2.55 bits per heavy atom. The van der Waals surface area contributed by atoms with Gasteiger partial charge in [-0.3, -0.25) is 4.79 Å². The summed E-state index contributed by atoms with van der Waals surface area (Å²) >= 11 is 1.40. The number of amides is 1. The Kier molecular flexibility index (Phi) is 7.36. The molecule has 0 spiro atoms. The van der Waals surface area contributed by atoms with Crippen molar-refractivity contribution in [2.45, 2.75) is 19.3 Å². The van der Waals surface area contributed by atoms with E-state index in [-0.39, 0.29) is 18.4 Å². The van der Waals surface area contributed by atoms with Gasteiger partial charge >= 0.3 is 6.36 Å². The number of rotatable bonds is 8. The predicted octanol–water partition coefficient (Wildman–Crippen LogP) is 5.90. The lowest BCUT2D eigenvalue weighted by molar-refractivity contribution is -0.274. The fourth-order valence-electron chi connectivity index (χ4n) is 3.88. The summed E-state index contributed by atoms with van der Waals surface area (Å²) in [6.07, 6.45) is -4.14. The minimum absolute atomic E-state index is 0.150. The Hall–Kier alpha value is -4.25. The van der Waals surface area contributed by atoms with Crippen LogP contribution in [0.2, 0.25) is 0 Å². The van der Waals surface area contributed by atoms with Crippen LogP contribution < -0.4 is 24.3 Å². The Labute approximate surface area is 219 Å². The molecule has 0 radical (unpaired) electrons. The van der Waals surface area contributed by atoms with E-state index < -0.39 is 6.36 Å². The van der Waals surface area contributed by atoms with Crippen molar-refractivity contribution in [2.75, 3.05) is 13.3 Å². The average Bonchev–Trinajstić information content (AvgIpc) is 3.53. The molecule has 38 heavy (non-hydrogen) atoms. The summed E-state index contributed by atoms with van der Waals surface area (Å²) in [7, 11) is 0. The second-order valence-electron chi connectivity index (χ2n) is 8.25. The molecule has 0 atom stereocenters. The number of ether oxygens (including phenoxy) is 3. The molecule has 1 aliphatic rings. The maximum atomic E-state index is 12.5. The van der Waals surface area contributed by atoms with E-state index in [1.165, 1.54) is 35.6 Å². The van der Waals surface area contributed by atoms with Gasteiger partial charge in [0, 0.05) is 29.6 Å². The Morgan fingerprint density at radius 2 is 1.79 bits per heavy atom. The fourth-order valence-corrected chi connectivity index (χ4v) is 4.84. The first-order valence-corrected chi connectivity index (χ1v) is 12.6. The molecule has 4 aromatic rings. The van der Waals surface area contributed by atoms with Crippen LogP contribution in [0.4, 0.5) is 18.9 Å². The Bertz CT molecular complexity index is 1480. The van der Waals surface area contributed by atoms with E-state index in [1.807, 2.05) is 46.3 Å². The van der Waals surface area contributed by atoms with Crippen LogP contribution in [-0.4, -0.2) is 30.2 Å². The van der Waals surface area contributed by atoms with Crippen molar-refractivity contribution in [3.63, 3.8) is 0 Å². The van der Waals surface area contributed by atoms with Gasteiger partial charge in [-0.1, -0.05) is 18.2 Å². The normalized spacial score (nSPS) is 13.0. The second kappa shape index (κ2) is 11.0. The minimum atomic E-state index is -4.76. The lowest BCUT2D eigenvalue weighted by Gasteiger charge is -2.11. The van der Waals surface area contributed by atoms with Crippen molar-refractivity contribution >= 4 is 22.9 Å². The number of halogens is 3. The summed E-state index contributed by atoms with van der Waals surface area (Å²) in [6.45, 7) is 1.15. The molecule has 196 valence electrons. The lowest BCUT2D eigenvalue weighted by atomic mass is 10.1. The summed E-state index contributed by atoms with van der Waals surface area (Å²) in [6, 6.07) is 20.0. The maximum absolute atomic E-state index is 12.5. The van der Waals surface area contributed by atoms with Crippen molar-refractivity contribution < 1.29 is 32.2 Å². The van der Waals surface area contributed by atoms with Crippen LogP contribution in [-0.2, 0) is 6.54 Å². The van der Waals surface area contributed by atoms with Gasteiger partial charge in [-0.2, -0.15) is 0 Å². The molecule has 0 saturated heterocycles. The number of alkyl halides is 3. The number of hydrogen-bond acceptors (Lipinski definition) is 6. The number of hydrogen-bond donors (Lipinski definition) is 1. The first-order valence-electron chi connectivity index (χ1n) is 11.7. The van der Waals surface area contributed by atoms with E-state index in [0.717, 1.165) is 11.3 Å². The van der Waals surface area contributed by atoms with E-state index in [1.54, 1.807) is 12.1 Å². The summed E-state index contributed by atoms with van der Waals surface area (Å²) < 4.78 is 54.4. The van der Waals surface area contributed by atoms with Crippen molar-refractivity contribution in [1.82, 2.24) is 9.88 Å².